The highest BCUT2D eigenvalue weighted by molar-refractivity contribution is 7.15. The summed E-state index contributed by atoms with van der Waals surface area (Å²) < 4.78 is 0. The number of aryl methyl sites for hydroxylation is 2. The molecule has 110 valence electrons. The molecule has 1 heterocycles. The zero-order valence-corrected chi connectivity index (χ0v) is 12.7. The van der Waals surface area contributed by atoms with Crippen molar-refractivity contribution in [2.24, 2.45) is 11.1 Å². The molecule has 1 fully saturated rings. The van der Waals surface area contributed by atoms with E-state index in [0.29, 0.717) is 13.0 Å². The molecule has 0 saturated heterocycles. The number of nitrogens with two attached hydrogens (primary N) is 1. The fraction of sp³-hybridized carbons (Fsp3) is 0.733. The van der Waals surface area contributed by atoms with Gasteiger partial charge in [0.05, 0.1) is 5.69 Å². The van der Waals surface area contributed by atoms with E-state index in [1.807, 2.05) is 0 Å². The highest BCUT2D eigenvalue weighted by atomic mass is 32.1. The average molecular weight is 293 g/mol. The second-order valence-corrected chi connectivity index (χ2v) is 7.32. The molecule has 2 aliphatic carbocycles. The summed E-state index contributed by atoms with van der Waals surface area (Å²) in [5.41, 5.74) is 7.17. The minimum atomic E-state index is 0.0301. The summed E-state index contributed by atoms with van der Waals surface area (Å²) in [7, 11) is 0. The Balaban J connectivity index is 1.60. The van der Waals surface area contributed by atoms with E-state index in [-0.39, 0.29) is 11.3 Å². The molecule has 0 aromatic carbocycles. The summed E-state index contributed by atoms with van der Waals surface area (Å²) in [5.74, 6) is 0.0878. The Kier molecular flexibility index (Phi) is 4.08. The topological polar surface area (TPSA) is 68.0 Å². The van der Waals surface area contributed by atoms with Crippen LogP contribution in [0, 0.1) is 5.41 Å². The van der Waals surface area contributed by atoms with Gasteiger partial charge >= 0.3 is 0 Å². The molecule has 1 saturated carbocycles. The van der Waals surface area contributed by atoms with Crippen LogP contribution in [0.2, 0.25) is 0 Å². The van der Waals surface area contributed by atoms with Crippen molar-refractivity contribution < 1.29 is 4.79 Å². The van der Waals surface area contributed by atoms with E-state index in [1.165, 1.54) is 36.3 Å². The predicted molar refractivity (Wildman–Crippen MR) is 82.0 cm³/mol. The number of fused-ring (bicyclic) bond motifs is 1. The van der Waals surface area contributed by atoms with Gasteiger partial charge in [-0.3, -0.25) is 4.79 Å². The number of carbonyl (C=O) groups excluding carboxylic acids is 1. The minimum Gasteiger partial charge on any atom is -0.330 e. The van der Waals surface area contributed by atoms with Gasteiger partial charge in [-0.1, -0.05) is 19.3 Å². The molecule has 1 amide bonds. The number of aromatic nitrogens is 1. The maximum absolute atomic E-state index is 12.3. The second kappa shape index (κ2) is 5.82. The lowest BCUT2D eigenvalue weighted by atomic mass is 9.72. The van der Waals surface area contributed by atoms with Crippen LogP contribution in [0.3, 0.4) is 0 Å². The molecule has 0 spiro atoms. The third-order valence-electron chi connectivity index (χ3n) is 4.72. The lowest BCUT2D eigenvalue weighted by molar-refractivity contribution is -0.118. The van der Waals surface area contributed by atoms with Crippen LogP contribution in [0.5, 0.6) is 0 Å². The van der Waals surface area contributed by atoms with E-state index in [9.17, 15) is 4.79 Å². The van der Waals surface area contributed by atoms with Crippen molar-refractivity contribution in [1.29, 1.82) is 0 Å². The van der Waals surface area contributed by atoms with Crippen molar-refractivity contribution in [1.82, 2.24) is 4.98 Å². The molecule has 0 radical (unpaired) electrons. The molecule has 0 aliphatic heterocycles. The molecule has 1 aromatic heterocycles. The summed E-state index contributed by atoms with van der Waals surface area (Å²) in [6.45, 7) is 0.620. The van der Waals surface area contributed by atoms with Gasteiger partial charge in [0.1, 0.15) is 0 Å². The Bertz CT molecular complexity index is 470. The quantitative estimate of drug-likeness (QED) is 0.897. The molecular weight excluding hydrogens is 270 g/mol. The fourth-order valence-corrected chi connectivity index (χ4v) is 4.57. The first-order chi connectivity index (χ1) is 9.71. The standard InChI is InChI=1S/C15H23N3OS/c16-10-15(7-2-1-3-8-15)9-13(19)18-14-17-11-5-4-6-12(11)20-14/h1-10,16H2,(H,17,18,19). The van der Waals surface area contributed by atoms with E-state index >= 15 is 0 Å². The summed E-state index contributed by atoms with van der Waals surface area (Å²) >= 11 is 1.64. The molecular formula is C15H23N3OS. The van der Waals surface area contributed by atoms with Gasteiger partial charge < -0.3 is 11.1 Å². The largest absolute Gasteiger partial charge is 0.330 e. The minimum absolute atomic E-state index is 0.0301. The number of hydrogen-bond acceptors (Lipinski definition) is 4. The maximum atomic E-state index is 12.3. The average Bonchev–Trinajstić information content (AvgIpc) is 3.00. The Hall–Kier alpha value is -0.940. The van der Waals surface area contributed by atoms with E-state index in [2.05, 4.69) is 10.3 Å². The van der Waals surface area contributed by atoms with Crippen molar-refractivity contribution >= 4 is 22.4 Å². The molecule has 3 rings (SSSR count). The molecule has 20 heavy (non-hydrogen) atoms. The van der Waals surface area contributed by atoms with Gasteiger partial charge in [-0.2, -0.15) is 0 Å². The van der Waals surface area contributed by atoms with Crippen LogP contribution in [-0.4, -0.2) is 17.4 Å². The number of hydrogen-bond donors (Lipinski definition) is 2. The molecule has 3 N–H and O–H groups in total. The van der Waals surface area contributed by atoms with Crippen LogP contribution in [0.4, 0.5) is 5.13 Å². The third kappa shape index (κ3) is 2.88. The van der Waals surface area contributed by atoms with Crippen LogP contribution in [0.1, 0.15) is 55.5 Å². The highest BCUT2D eigenvalue weighted by Gasteiger charge is 2.33. The molecule has 0 bridgehead atoms. The monoisotopic (exact) mass is 293 g/mol. The van der Waals surface area contributed by atoms with Gasteiger partial charge in [0.25, 0.3) is 0 Å². The number of nitrogens with one attached hydrogen (secondary N) is 1. The molecule has 4 nitrogen and oxygen atoms in total. The van der Waals surface area contributed by atoms with Gasteiger partial charge in [-0.05, 0) is 44.1 Å². The summed E-state index contributed by atoms with van der Waals surface area (Å²) in [6, 6.07) is 0. The normalized spacial score (nSPS) is 20.6. The summed E-state index contributed by atoms with van der Waals surface area (Å²) in [5, 5.41) is 3.77. The smallest absolute Gasteiger partial charge is 0.226 e. The third-order valence-corrected chi connectivity index (χ3v) is 5.80. The van der Waals surface area contributed by atoms with Crippen molar-refractivity contribution in [3.63, 3.8) is 0 Å². The summed E-state index contributed by atoms with van der Waals surface area (Å²) in [6.07, 6.45) is 9.81. The molecule has 5 heteroatoms. The van der Waals surface area contributed by atoms with Crippen LogP contribution >= 0.6 is 11.3 Å². The Morgan fingerprint density at radius 3 is 2.75 bits per heavy atom. The Morgan fingerprint density at radius 1 is 1.25 bits per heavy atom. The maximum Gasteiger partial charge on any atom is 0.226 e. The zero-order chi connectivity index (χ0) is 14.0. The highest BCUT2D eigenvalue weighted by Crippen LogP contribution is 2.39. The molecule has 2 aliphatic rings. The predicted octanol–water partition coefficient (Wildman–Crippen LogP) is 2.87. The second-order valence-electron chi connectivity index (χ2n) is 6.23. The zero-order valence-electron chi connectivity index (χ0n) is 11.9. The van der Waals surface area contributed by atoms with Gasteiger partial charge in [0, 0.05) is 11.3 Å². The van der Waals surface area contributed by atoms with E-state index in [1.54, 1.807) is 11.3 Å². The van der Waals surface area contributed by atoms with E-state index in [0.717, 1.165) is 30.8 Å². The first-order valence-corrected chi connectivity index (χ1v) is 8.51. The van der Waals surface area contributed by atoms with Gasteiger partial charge in [0.2, 0.25) is 5.91 Å². The Morgan fingerprint density at radius 2 is 2.05 bits per heavy atom. The number of carbonyl (C=O) groups is 1. The number of amides is 1. The number of anilines is 1. The molecule has 0 atom stereocenters. The van der Waals surface area contributed by atoms with E-state index in [4.69, 9.17) is 5.73 Å². The lowest BCUT2D eigenvalue weighted by Gasteiger charge is -2.35. The summed E-state index contributed by atoms with van der Waals surface area (Å²) in [4.78, 5) is 18.2. The molecule has 0 unspecified atom stereocenters. The van der Waals surface area contributed by atoms with Gasteiger partial charge in [-0.15, -0.1) is 11.3 Å². The van der Waals surface area contributed by atoms with Crippen molar-refractivity contribution in [2.45, 2.75) is 57.8 Å². The SMILES string of the molecule is NCC1(CC(=O)Nc2nc3c(s2)CCC3)CCCCC1. The Labute approximate surface area is 124 Å². The fourth-order valence-electron chi connectivity index (χ4n) is 3.50. The van der Waals surface area contributed by atoms with Crippen LogP contribution in [0.15, 0.2) is 0 Å². The van der Waals surface area contributed by atoms with E-state index < -0.39 is 0 Å². The van der Waals surface area contributed by atoms with Gasteiger partial charge in [0.15, 0.2) is 5.13 Å². The van der Waals surface area contributed by atoms with Crippen LogP contribution < -0.4 is 11.1 Å². The van der Waals surface area contributed by atoms with Crippen molar-refractivity contribution in [2.75, 3.05) is 11.9 Å². The number of rotatable bonds is 4. The van der Waals surface area contributed by atoms with Crippen molar-refractivity contribution in [3.05, 3.63) is 10.6 Å². The van der Waals surface area contributed by atoms with Gasteiger partial charge in [-0.25, -0.2) is 4.98 Å². The lowest BCUT2D eigenvalue weighted by Crippen LogP contribution is -2.36. The van der Waals surface area contributed by atoms with Crippen LogP contribution in [0.25, 0.3) is 0 Å². The molecule has 1 aromatic rings. The number of nitrogens with zero attached hydrogens (tertiary/aromatic N) is 1. The number of thiazole rings is 1. The van der Waals surface area contributed by atoms with Crippen LogP contribution in [-0.2, 0) is 17.6 Å². The first kappa shape index (κ1) is 14.0. The first-order valence-electron chi connectivity index (χ1n) is 7.69. The van der Waals surface area contributed by atoms with Crippen molar-refractivity contribution in [3.8, 4) is 0 Å².